The number of hydrogen-bond donors (Lipinski definition) is 2. The summed E-state index contributed by atoms with van der Waals surface area (Å²) in [6, 6.07) is 11.7. The van der Waals surface area contributed by atoms with Crippen molar-refractivity contribution in [3.63, 3.8) is 0 Å². The first kappa shape index (κ1) is 16.0. The zero-order valence-corrected chi connectivity index (χ0v) is 13.5. The Morgan fingerprint density at radius 3 is 2.58 bits per heavy atom. The number of hydrogen-bond acceptors (Lipinski definition) is 5. The maximum Gasteiger partial charge on any atom is 0.248 e. The summed E-state index contributed by atoms with van der Waals surface area (Å²) in [7, 11) is 0. The minimum absolute atomic E-state index is 0.00348. The summed E-state index contributed by atoms with van der Waals surface area (Å²) in [6.07, 6.45) is 1.33. The van der Waals surface area contributed by atoms with Crippen molar-refractivity contribution in [1.29, 1.82) is 0 Å². The minimum atomic E-state index is -0.499. The molecule has 24 heavy (non-hydrogen) atoms. The van der Waals surface area contributed by atoms with Crippen LogP contribution in [0.15, 0.2) is 48.8 Å². The highest BCUT2D eigenvalue weighted by molar-refractivity contribution is 6.31. The Kier molecular flexibility index (Phi) is 4.48. The topological polar surface area (TPSA) is 73.1 Å². The predicted molar refractivity (Wildman–Crippen MR) is 92.4 cm³/mol. The third-order valence-electron chi connectivity index (χ3n) is 3.27. The van der Waals surface area contributed by atoms with Crippen LogP contribution in [0.3, 0.4) is 0 Å². The van der Waals surface area contributed by atoms with E-state index < -0.39 is 5.82 Å². The van der Waals surface area contributed by atoms with Gasteiger partial charge in [-0.1, -0.05) is 29.3 Å². The fourth-order valence-electron chi connectivity index (χ4n) is 1.99. The summed E-state index contributed by atoms with van der Waals surface area (Å²) >= 11 is 5.77. The number of nitrogens with zero attached hydrogens (tertiary/aromatic N) is 2. The molecule has 0 saturated carbocycles. The normalized spacial score (nSPS) is 10.5. The SMILES string of the molecule is Cc1ccc(Oc2ncnc(Nc3ccc(F)c(Cl)c3)c2N)cc1. The first-order chi connectivity index (χ1) is 11.5. The van der Waals surface area contributed by atoms with E-state index in [4.69, 9.17) is 22.1 Å². The minimum Gasteiger partial charge on any atom is -0.437 e. The maximum atomic E-state index is 13.2. The number of anilines is 3. The Hall–Kier alpha value is -2.86. The second kappa shape index (κ2) is 6.72. The van der Waals surface area contributed by atoms with E-state index in [1.165, 1.54) is 24.5 Å². The molecular formula is C17H14ClFN4O. The summed E-state index contributed by atoms with van der Waals surface area (Å²) in [6.45, 7) is 1.98. The van der Waals surface area contributed by atoms with Crippen LogP contribution in [0, 0.1) is 12.7 Å². The van der Waals surface area contributed by atoms with E-state index >= 15 is 0 Å². The molecule has 0 aliphatic heterocycles. The molecule has 0 bridgehead atoms. The van der Waals surface area contributed by atoms with Gasteiger partial charge in [0.05, 0.1) is 5.02 Å². The quantitative estimate of drug-likeness (QED) is 0.718. The van der Waals surface area contributed by atoms with E-state index in [1.54, 1.807) is 0 Å². The van der Waals surface area contributed by atoms with Crippen LogP contribution in [-0.2, 0) is 0 Å². The molecule has 3 aromatic rings. The van der Waals surface area contributed by atoms with Gasteiger partial charge in [-0.2, -0.15) is 4.98 Å². The van der Waals surface area contributed by atoms with E-state index in [0.29, 0.717) is 17.3 Å². The first-order valence-electron chi connectivity index (χ1n) is 7.10. The molecule has 1 heterocycles. The molecule has 0 radical (unpaired) electrons. The zero-order valence-electron chi connectivity index (χ0n) is 12.8. The summed E-state index contributed by atoms with van der Waals surface area (Å²) in [5.41, 5.74) is 7.96. The fourth-order valence-corrected chi connectivity index (χ4v) is 2.17. The highest BCUT2D eigenvalue weighted by Crippen LogP contribution is 2.31. The van der Waals surface area contributed by atoms with Crippen molar-refractivity contribution in [1.82, 2.24) is 9.97 Å². The number of nitrogens with one attached hydrogen (secondary N) is 1. The fraction of sp³-hybridized carbons (Fsp3) is 0.0588. The average Bonchev–Trinajstić information content (AvgIpc) is 2.57. The largest absolute Gasteiger partial charge is 0.437 e. The molecule has 0 saturated heterocycles. The second-order valence-corrected chi connectivity index (χ2v) is 5.52. The van der Waals surface area contributed by atoms with E-state index in [0.717, 1.165) is 5.56 Å². The van der Waals surface area contributed by atoms with Crippen LogP contribution in [0.5, 0.6) is 11.6 Å². The molecule has 2 aromatic carbocycles. The lowest BCUT2D eigenvalue weighted by atomic mass is 10.2. The lowest BCUT2D eigenvalue weighted by molar-refractivity contribution is 0.464. The van der Waals surface area contributed by atoms with Crippen LogP contribution in [0.4, 0.5) is 21.6 Å². The second-order valence-electron chi connectivity index (χ2n) is 5.11. The summed E-state index contributed by atoms with van der Waals surface area (Å²) in [4.78, 5) is 8.12. The molecule has 7 heteroatoms. The average molecular weight is 345 g/mol. The lowest BCUT2D eigenvalue weighted by Gasteiger charge is -2.12. The van der Waals surface area contributed by atoms with Crippen LogP contribution < -0.4 is 15.8 Å². The van der Waals surface area contributed by atoms with Crippen molar-refractivity contribution < 1.29 is 9.13 Å². The Morgan fingerprint density at radius 2 is 1.88 bits per heavy atom. The molecule has 0 spiro atoms. The molecular weight excluding hydrogens is 331 g/mol. The molecule has 3 N–H and O–H groups in total. The Morgan fingerprint density at radius 1 is 1.12 bits per heavy atom. The molecule has 0 aliphatic rings. The van der Waals surface area contributed by atoms with Gasteiger partial charge in [0.1, 0.15) is 23.6 Å². The number of aryl methyl sites for hydroxylation is 1. The van der Waals surface area contributed by atoms with Crippen LogP contribution >= 0.6 is 11.6 Å². The van der Waals surface area contributed by atoms with Crippen LogP contribution in [-0.4, -0.2) is 9.97 Å². The maximum absolute atomic E-state index is 13.2. The molecule has 0 amide bonds. The van der Waals surface area contributed by atoms with Crippen molar-refractivity contribution in [3.8, 4) is 11.6 Å². The summed E-state index contributed by atoms with van der Waals surface area (Å²) < 4.78 is 18.9. The van der Waals surface area contributed by atoms with Gasteiger partial charge in [-0.3, -0.25) is 0 Å². The summed E-state index contributed by atoms with van der Waals surface area (Å²) in [5.74, 6) is 0.683. The molecule has 122 valence electrons. The first-order valence-corrected chi connectivity index (χ1v) is 7.48. The number of aromatic nitrogens is 2. The molecule has 0 aliphatic carbocycles. The van der Waals surface area contributed by atoms with Gasteiger partial charge >= 0.3 is 0 Å². The van der Waals surface area contributed by atoms with Gasteiger partial charge in [0, 0.05) is 5.69 Å². The lowest BCUT2D eigenvalue weighted by Crippen LogP contribution is -2.03. The predicted octanol–water partition coefficient (Wildman–Crippen LogP) is 4.70. The Labute approximate surface area is 143 Å². The van der Waals surface area contributed by atoms with Gasteiger partial charge in [0.2, 0.25) is 5.88 Å². The van der Waals surface area contributed by atoms with E-state index in [-0.39, 0.29) is 16.6 Å². The van der Waals surface area contributed by atoms with Crippen LogP contribution in [0.25, 0.3) is 0 Å². The van der Waals surface area contributed by atoms with E-state index in [2.05, 4.69) is 15.3 Å². The molecule has 1 aromatic heterocycles. The standard InChI is InChI=1S/C17H14ClFN4O/c1-10-2-5-12(6-3-10)24-17-15(20)16(21-9-22-17)23-11-4-7-14(19)13(18)8-11/h2-9H,20H2,1H3,(H,21,22,23). The number of rotatable bonds is 4. The van der Waals surface area contributed by atoms with E-state index in [9.17, 15) is 4.39 Å². The highest BCUT2D eigenvalue weighted by atomic mass is 35.5. The third kappa shape index (κ3) is 3.55. The van der Waals surface area contributed by atoms with Gasteiger partial charge in [-0.15, -0.1) is 0 Å². The van der Waals surface area contributed by atoms with Gasteiger partial charge in [-0.25, -0.2) is 9.37 Å². The molecule has 5 nitrogen and oxygen atoms in total. The molecule has 0 unspecified atom stereocenters. The monoisotopic (exact) mass is 344 g/mol. The smallest absolute Gasteiger partial charge is 0.248 e. The van der Waals surface area contributed by atoms with Gasteiger partial charge in [-0.05, 0) is 37.3 Å². The van der Waals surface area contributed by atoms with Crippen LogP contribution in [0.1, 0.15) is 5.56 Å². The molecule has 0 atom stereocenters. The number of benzene rings is 2. The molecule has 3 rings (SSSR count). The zero-order chi connectivity index (χ0) is 17.1. The number of halogens is 2. The number of nitrogen functional groups attached to an aromatic ring is 1. The van der Waals surface area contributed by atoms with Gasteiger partial charge in [0.25, 0.3) is 0 Å². The van der Waals surface area contributed by atoms with Crippen LogP contribution in [0.2, 0.25) is 5.02 Å². The number of ether oxygens (including phenoxy) is 1. The van der Waals surface area contributed by atoms with Crippen molar-refractivity contribution in [2.75, 3.05) is 11.1 Å². The Balaban J connectivity index is 1.84. The Bertz CT molecular complexity index is 871. The number of nitrogens with two attached hydrogens (primary N) is 1. The highest BCUT2D eigenvalue weighted by Gasteiger charge is 2.11. The van der Waals surface area contributed by atoms with Crippen molar-refractivity contribution in [3.05, 3.63) is 65.2 Å². The van der Waals surface area contributed by atoms with Crippen molar-refractivity contribution in [2.24, 2.45) is 0 Å². The van der Waals surface area contributed by atoms with Crippen molar-refractivity contribution in [2.45, 2.75) is 6.92 Å². The summed E-state index contributed by atoms with van der Waals surface area (Å²) in [5, 5.41) is 2.97. The van der Waals surface area contributed by atoms with Gasteiger partial charge < -0.3 is 15.8 Å². The third-order valence-corrected chi connectivity index (χ3v) is 3.55. The van der Waals surface area contributed by atoms with E-state index in [1.807, 2.05) is 31.2 Å². The van der Waals surface area contributed by atoms with Gasteiger partial charge in [0.15, 0.2) is 5.82 Å². The molecule has 0 fully saturated rings. The van der Waals surface area contributed by atoms with Crippen molar-refractivity contribution >= 4 is 28.8 Å².